The number of ketones is 1. The number of hydrogen-bond donors (Lipinski definition) is 2. The van der Waals surface area contributed by atoms with E-state index in [1.165, 1.54) is 19.1 Å². The predicted molar refractivity (Wildman–Crippen MR) is 72.3 cm³/mol. The molecule has 0 fully saturated rings. The number of benzene rings is 1. The molecule has 0 aliphatic carbocycles. The Morgan fingerprint density at radius 2 is 1.75 bits per heavy atom. The summed E-state index contributed by atoms with van der Waals surface area (Å²) in [6.07, 6.45) is 0. The van der Waals surface area contributed by atoms with Crippen LogP contribution >= 0.6 is 0 Å². The molecule has 0 saturated heterocycles. The Morgan fingerprint density at radius 3 is 2.15 bits per heavy atom. The molecule has 106 valence electrons. The first-order valence-corrected chi connectivity index (χ1v) is 5.81. The standard InChI is InChI=1S/C13H15N3O4/c1-19-8-3-7(4-9(5-8)20-2)16-6-10(17)11(12(16)14)13(15)18/h3-5H,6,14H2,1-2H3,(H2,15,18). The largest absolute Gasteiger partial charge is 0.497 e. The van der Waals surface area contributed by atoms with E-state index < -0.39 is 11.7 Å². The normalized spacial score (nSPS) is 14.7. The Bertz CT molecular complexity index is 587. The molecule has 1 aliphatic heterocycles. The number of carbonyl (C=O) groups is 2. The van der Waals surface area contributed by atoms with Crippen LogP contribution in [0.3, 0.4) is 0 Å². The maximum atomic E-state index is 11.8. The van der Waals surface area contributed by atoms with Crippen LogP contribution < -0.4 is 25.8 Å². The van der Waals surface area contributed by atoms with Crippen molar-refractivity contribution in [1.82, 2.24) is 0 Å². The van der Waals surface area contributed by atoms with Crippen molar-refractivity contribution in [3.05, 3.63) is 29.6 Å². The number of anilines is 1. The van der Waals surface area contributed by atoms with E-state index in [0.29, 0.717) is 17.2 Å². The summed E-state index contributed by atoms with van der Waals surface area (Å²) < 4.78 is 10.3. The molecule has 0 saturated carbocycles. The number of amides is 1. The number of hydrogen-bond acceptors (Lipinski definition) is 6. The molecule has 1 amide bonds. The van der Waals surface area contributed by atoms with Gasteiger partial charge in [-0.2, -0.15) is 0 Å². The number of rotatable bonds is 4. The molecule has 20 heavy (non-hydrogen) atoms. The van der Waals surface area contributed by atoms with Gasteiger partial charge in [0.2, 0.25) is 0 Å². The van der Waals surface area contributed by atoms with Gasteiger partial charge in [-0.25, -0.2) is 0 Å². The van der Waals surface area contributed by atoms with Crippen molar-refractivity contribution in [3.63, 3.8) is 0 Å². The van der Waals surface area contributed by atoms with Crippen molar-refractivity contribution in [2.45, 2.75) is 0 Å². The van der Waals surface area contributed by atoms with Crippen molar-refractivity contribution in [2.24, 2.45) is 11.5 Å². The summed E-state index contributed by atoms with van der Waals surface area (Å²) in [5.41, 5.74) is 11.4. The zero-order valence-electron chi connectivity index (χ0n) is 11.2. The van der Waals surface area contributed by atoms with Crippen LogP contribution in [-0.4, -0.2) is 32.5 Å². The average Bonchev–Trinajstić information content (AvgIpc) is 2.73. The molecule has 2 rings (SSSR count). The van der Waals surface area contributed by atoms with Gasteiger partial charge in [0.1, 0.15) is 22.9 Å². The van der Waals surface area contributed by atoms with Crippen LogP contribution in [0.5, 0.6) is 11.5 Å². The first-order valence-electron chi connectivity index (χ1n) is 5.81. The molecule has 1 aliphatic rings. The molecular formula is C13H15N3O4. The van der Waals surface area contributed by atoms with Crippen LogP contribution in [0.1, 0.15) is 0 Å². The lowest BCUT2D eigenvalue weighted by atomic mass is 10.2. The zero-order chi connectivity index (χ0) is 14.9. The average molecular weight is 277 g/mol. The van der Waals surface area contributed by atoms with Crippen LogP contribution in [0, 0.1) is 0 Å². The molecule has 0 unspecified atom stereocenters. The summed E-state index contributed by atoms with van der Waals surface area (Å²) in [5, 5.41) is 0. The van der Waals surface area contributed by atoms with Gasteiger partial charge in [0.25, 0.3) is 5.91 Å². The number of primary amides is 1. The molecule has 1 aromatic rings. The van der Waals surface area contributed by atoms with Gasteiger partial charge in [-0.05, 0) is 0 Å². The third-order valence-electron chi connectivity index (χ3n) is 3.02. The van der Waals surface area contributed by atoms with Gasteiger partial charge in [-0.3, -0.25) is 9.59 Å². The Labute approximate surface area is 115 Å². The van der Waals surface area contributed by atoms with Crippen LogP contribution in [0.25, 0.3) is 0 Å². The minimum atomic E-state index is -0.829. The van der Waals surface area contributed by atoms with E-state index >= 15 is 0 Å². The van der Waals surface area contributed by atoms with E-state index in [1.54, 1.807) is 18.2 Å². The predicted octanol–water partition coefficient (Wildman–Crippen LogP) is -0.251. The van der Waals surface area contributed by atoms with Crippen molar-refractivity contribution in [2.75, 3.05) is 25.7 Å². The van der Waals surface area contributed by atoms with E-state index in [4.69, 9.17) is 20.9 Å². The molecule has 0 spiro atoms. The van der Waals surface area contributed by atoms with E-state index in [0.717, 1.165) is 0 Å². The third kappa shape index (κ3) is 2.25. The van der Waals surface area contributed by atoms with Gasteiger partial charge in [-0.1, -0.05) is 0 Å². The Balaban J connectivity index is 2.47. The fraction of sp³-hybridized carbons (Fsp3) is 0.231. The quantitative estimate of drug-likeness (QED) is 0.735. The summed E-state index contributed by atoms with van der Waals surface area (Å²) in [5.74, 6) is -0.0984. The second-order valence-electron chi connectivity index (χ2n) is 4.20. The molecule has 1 heterocycles. The smallest absolute Gasteiger partial charge is 0.256 e. The van der Waals surface area contributed by atoms with Crippen molar-refractivity contribution < 1.29 is 19.1 Å². The van der Waals surface area contributed by atoms with Gasteiger partial charge < -0.3 is 25.8 Å². The maximum absolute atomic E-state index is 11.8. The number of carbonyl (C=O) groups excluding carboxylic acids is 2. The summed E-state index contributed by atoms with van der Waals surface area (Å²) in [6, 6.07) is 5.06. The van der Waals surface area contributed by atoms with E-state index in [2.05, 4.69) is 0 Å². The van der Waals surface area contributed by atoms with Crippen molar-refractivity contribution >= 4 is 17.4 Å². The van der Waals surface area contributed by atoms with E-state index in [-0.39, 0.29) is 17.9 Å². The molecule has 0 bridgehead atoms. The van der Waals surface area contributed by atoms with Gasteiger partial charge in [0, 0.05) is 18.2 Å². The van der Waals surface area contributed by atoms with E-state index in [9.17, 15) is 9.59 Å². The van der Waals surface area contributed by atoms with Crippen LogP contribution in [-0.2, 0) is 9.59 Å². The molecule has 1 aromatic carbocycles. The molecule has 0 aromatic heterocycles. The molecule has 0 radical (unpaired) electrons. The van der Waals surface area contributed by atoms with Gasteiger partial charge >= 0.3 is 0 Å². The van der Waals surface area contributed by atoms with Gasteiger partial charge in [0.05, 0.1) is 26.5 Å². The zero-order valence-corrected chi connectivity index (χ0v) is 11.2. The molecule has 7 heteroatoms. The summed E-state index contributed by atoms with van der Waals surface area (Å²) in [6.45, 7) is -0.0412. The van der Waals surface area contributed by atoms with Crippen LogP contribution in [0.15, 0.2) is 29.6 Å². The van der Waals surface area contributed by atoms with Gasteiger partial charge in [-0.15, -0.1) is 0 Å². The summed E-state index contributed by atoms with van der Waals surface area (Å²) >= 11 is 0. The minimum absolute atomic E-state index is 0.0396. The summed E-state index contributed by atoms with van der Waals surface area (Å²) in [7, 11) is 3.03. The highest BCUT2D eigenvalue weighted by molar-refractivity contribution is 6.23. The number of nitrogens with zero attached hydrogens (tertiary/aromatic N) is 1. The molecule has 4 N–H and O–H groups in total. The number of ether oxygens (including phenoxy) is 2. The first-order chi connectivity index (χ1) is 9.47. The van der Waals surface area contributed by atoms with Crippen LogP contribution in [0.2, 0.25) is 0 Å². The van der Waals surface area contributed by atoms with Crippen molar-refractivity contribution in [3.8, 4) is 11.5 Å². The maximum Gasteiger partial charge on any atom is 0.256 e. The van der Waals surface area contributed by atoms with Gasteiger partial charge in [0.15, 0.2) is 5.78 Å². The lowest BCUT2D eigenvalue weighted by Gasteiger charge is -2.20. The third-order valence-corrected chi connectivity index (χ3v) is 3.02. The SMILES string of the molecule is COc1cc(OC)cc(N2CC(=O)C(C(N)=O)=C2N)c1. The highest BCUT2D eigenvalue weighted by atomic mass is 16.5. The molecule has 0 atom stereocenters. The second kappa shape index (κ2) is 5.12. The lowest BCUT2D eigenvalue weighted by Crippen LogP contribution is -2.25. The Hall–Kier alpha value is -2.70. The highest BCUT2D eigenvalue weighted by Crippen LogP contribution is 2.32. The summed E-state index contributed by atoms with van der Waals surface area (Å²) in [4.78, 5) is 24.5. The van der Waals surface area contributed by atoms with Crippen molar-refractivity contribution in [1.29, 1.82) is 0 Å². The fourth-order valence-electron chi connectivity index (χ4n) is 2.03. The highest BCUT2D eigenvalue weighted by Gasteiger charge is 2.32. The lowest BCUT2D eigenvalue weighted by molar-refractivity contribution is -0.119. The topological polar surface area (TPSA) is 108 Å². The van der Waals surface area contributed by atoms with E-state index in [1.807, 2.05) is 0 Å². The first kappa shape index (κ1) is 13.7. The molecule has 7 nitrogen and oxygen atoms in total. The Kier molecular flexibility index (Phi) is 3.51. The molecular weight excluding hydrogens is 262 g/mol. The Morgan fingerprint density at radius 1 is 1.20 bits per heavy atom. The second-order valence-corrected chi connectivity index (χ2v) is 4.20. The number of Topliss-reactive ketones (excluding diaryl/α,β-unsaturated/α-hetero) is 1. The monoisotopic (exact) mass is 277 g/mol. The fourth-order valence-corrected chi connectivity index (χ4v) is 2.03. The number of nitrogens with two attached hydrogens (primary N) is 2. The number of methoxy groups -OCH3 is 2. The minimum Gasteiger partial charge on any atom is -0.497 e. The van der Waals surface area contributed by atoms with Crippen LogP contribution in [0.4, 0.5) is 5.69 Å².